The van der Waals surface area contributed by atoms with Crippen molar-refractivity contribution in [2.24, 2.45) is 5.92 Å². The van der Waals surface area contributed by atoms with E-state index in [-0.39, 0.29) is 30.4 Å². The average molecular weight is 467 g/mol. The number of fused-ring (bicyclic) bond motifs is 1. The Labute approximate surface area is 195 Å². The van der Waals surface area contributed by atoms with Gasteiger partial charge in [0.2, 0.25) is 5.91 Å². The van der Waals surface area contributed by atoms with E-state index in [1.54, 1.807) is 11.0 Å². The highest BCUT2D eigenvalue weighted by Crippen LogP contribution is 2.38. The molecule has 0 bridgehead atoms. The van der Waals surface area contributed by atoms with Gasteiger partial charge in [-0.3, -0.25) is 4.79 Å². The third kappa shape index (κ3) is 6.44. The second-order valence-corrected chi connectivity index (χ2v) is 10.3. The fourth-order valence-corrected chi connectivity index (χ4v) is 4.38. The van der Waals surface area contributed by atoms with Gasteiger partial charge in [0.05, 0.1) is 11.4 Å². The largest absolute Gasteiger partial charge is 0.486 e. The van der Waals surface area contributed by atoms with Crippen LogP contribution in [0.25, 0.3) is 0 Å². The second kappa shape index (κ2) is 10.2. The first-order chi connectivity index (χ1) is 15.0. The molecule has 0 saturated carbocycles. The van der Waals surface area contributed by atoms with Crippen molar-refractivity contribution >= 4 is 23.6 Å². The molecule has 1 saturated heterocycles. The highest BCUT2D eigenvalue weighted by Gasteiger charge is 2.30. The van der Waals surface area contributed by atoms with Crippen LogP contribution in [0.1, 0.15) is 53.0 Å². The van der Waals surface area contributed by atoms with E-state index in [1.807, 2.05) is 45.6 Å². The Morgan fingerprint density at radius 1 is 1.25 bits per heavy atom. The Morgan fingerprint density at radius 3 is 2.66 bits per heavy atom. The fraction of sp³-hybridized carbons (Fsp3) is 0.667. The number of hydrogen-bond acceptors (Lipinski definition) is 5. The molecular formula is C24H35ClN2O5. The van der Waals surface area contributed by atoms with Gasteiger partial charge in [0.25, 0.3) is 0 Å². The Balaban J connectivity index is 1.62. The van der Waals surface area contributed by atoms with E-state index in [9.17, 15) is 9.59 Å². The van der Waals surface area contributed by atoms with Gasteiger partial charge in [0, 0.05) is 25.7 Å². The molecule has 1 atom stereocenters. The number of carbonyl (C=O) groups excluding carboxylic acids is 2. The van der Waals surface area contributed by atoms with E-state index in [4.69, 9.17) is 25.8 Å². The van der Waals surface area contributed by atoms with Gasteiger partial charge in [-0.2, -0.15) is 0 Å². The molecule has 1 fully saturated rings. The van der Waals surface area contributed by atoms with Gasteiger partial charge in [-0.15, -0.1) is 0 Å². The fourth-order valence-electron chi connectivity index (χ4n) is 4.09. The molecule has 178 valence electrons. The van der Waals surface area contributed by atoms with E-state index in [2.05, 4.69) is 0 Å². The summed E-state index contributed by atoms with van der Waals surface area (Å²) in [5, 5.41) is 0.464. The summed E-state index contributed by atoms with van der Waals surface area (Å²) >= 11 is 6.32. The zero-order valence-corrected chi connectivity index (χ0v) is 20.5. The number of likely N-dealkylation sites (tertiary alicyclic amines) is 1. The molecule has 32 heavy (non-hydrogen) atoms. The molecule has 1 unspecified atom stereocenters. The summed E-state index contributed by atoms with van der Waals surface area (Å²) in [4.78, 5) is 29.4. The maximum Gasteiger partial charge on any atom is 0.410 e. The first-order valence-electron chi connectivity index (χ1n) is 11.4. The van der Waals surface area contributed by atoms with Crippen molar-refractivity contribution in [3.8, 4) is 11.5 Å². The number of halogens is 1. The molecule has 0 radical (unpaired) electrons. The van der Waals surface area contributed by atoms with Crippen molar-refractivity contribution in [1.29, 1.82) is 0 Å². The van der Waals surface area contributed by atoms with Crippen molar-refractivity contribution in [2.75, 3.05) is 32.8 Å². The van der Waals surface area contributed by atoms with E-state index < -0.39 is 5.60 Å². The smallest absolute Gasteiger partial charge is 0.410 e. The summed E-state index contributed by atoms with van der Waals surface area (Å²) in [6, 6.07) is 3.64. The number of ether oxygens (including phenoxy) is 3. The Bertz CT molecular complexity index is 836. The van der Waals surface area contributed by atoms with E-state index in [0.29, 0.717) is 42.8 Å². The lowest BCUT2D eigenvalue weighted by Crippen LogP contribution is -2.48. The number of piperidine rings is 1. The molecule has 0 spiro atoms. The van der Waals surface area contributed by atoms with E-state index >= 15 is 0 Å². The number of amides is 2. The van der Waals surface area contributed by atoms with Gasteiger partial charge in [0.15, 0.2) is 11.5 Å². The minimum atomic E-state index is -0.538. The van der Waals surface area contributed by atoms with Crippen LogP contribution in [0.15, 0.2) is 12.1 Å². The van der Waals surface area contributed by atoms with Gasteiger partial charge in [-0.25, -0.2) is 4.79 Å². The molecule has 8 heteroatoms. The van der Waals surface area contributed by atoms with Crippen LogP contribution in [0.3, 0.4) is 0 Å². The SMILES string of the molecule is CC(C)N(CC1CCCN(C(=O)Cc2cc(Cl)c3c(c2)OCCO3)C1)C(=O)OC(C)(C)C. The van der Waals surface area contributed by atoms with Gasteiger partial charge in [0.1, 0.15) is 18.8 Å². The molecule has 2 aliphatic heterocycles. The topological polar surface area (TPSA) is 68.3 Å². The number of rotatable bonds is 5. The van der Waals surface area contributed by atoms with Crippen molar-refractivity contribution < 1.29 is 23.8 Å². The molecule has 3 rings (SSSR count). The number of nitrogens with zero attached hydrogens (tertiary/aromatic N) is 2. The molecule has 2 heterocycles. The first-order valence-corrected chi connectivity index (χ1v) is 11.8. The van der Waals surface area contributed by atoms with Gasteiger partial charge in [-0.1, -0.05) is 11.6 Å². The van der Waals surface area contributed by atoms with Crippen molar-refractivity contribution in [3.05, 3.63) is 22.7 Å². The van der Waals surface area contributed by atoms with Crippen LogP contribution in [0, 0.1) is 5.92 Å². The normalized spacial score (nSPS) is 18.5. The van der Waals surface area contributed by atoms with Gasteiger partial charge in [-0.05, 0) is 71.1 Å². The van der Waals surface area contributed by atoms with E-state index in [0.717, 1.165) is 24.9 Å². The average Bonchev–Trinajstić information content (AvgIpc) is 2.70. The summed E-state index contributed by atoms with van der Waals surface area (Å²) in [7, 11) is 0. The minimum Gasteiger partial charge on any atom is -0.486 e. The molecule has 1 aromatic carbocycles. The lowest BCUT2D eigenvalue weighted by molar-refractivity contribution is -0.132. The summed E-state index contributed by atoms with van der Waals surface area (Å²) in [6.45, 7) is 12.5. The van der Waals surface area contributed by atoms with Crippen LogP contribution in [-0.2, 0) is 16.0 Å². The highest BCUT2D eigenvalue weighted by atomic mass is 35.5. The third-order valence-electron chi connectivity index (χ3n) is 5.59. The molecule has 2 amide bonds. The minimum absolute atomic E-state index is 0.0239. The third-order valence-corrected chi connectivity index (χ3v) is 5.87. The summed E-state index contributed by atoms with van der Waals surface area (Å²) in [5.41, 5.74) is 0.271. The monoisotopic (exact) mass is 466 g/mol. The molecule has 0 aromatic heterocycles. The van der Waals surface area contributed by atoms with Crippen molar-refractivity contribution in [3.63, 3.8) is 0 Å². The van der Waals surface area contributed by atoms with Crippen LogP contribution in [-0.4, -0.2) is 66.3 Å². The Hall–Kier alpha value is -2.15. The standard InChI is InChI=1S/C24H35ClN2O5/c1-16(2)27(23(29)32-24(3,4)5)15-17-7-6-8-26(14-17)21(28)13-18-11-19(25)22-20(12-18)30-9-10-31-22/h11-12,16-17H,6-10,13-15H2,1-5H3. The number of benzene rings is 1. The molecule has 0 aliphatic carbocycles. The lowest BCUT2D eigenvalue weighted by Gasteiger charge is -2.37. The quantitative estimate of drug-likeness (QED) is 0.637. The number of hydrogen-bond donors (Lipinski definition) is 0. The van der Waals surface area contributed by atoms with Crippen molar-refractivity contribution in [1.82, 2.24) is 9.80 Å². The molecule has 7 nitrogen and oxygen atoms in total. The van der Waals surface area contributed by atoms with E-state index in [1.165, 1.54) is 0 Å². The highest BCUT2D eigenvalue weighted by molar-refractivity contribution is 6.32. The predicted molar refractivity (Wildman–Crippen MR) is 124 cm³/mol. The number of carbonyl (C=O) groups is 2. The maximum absolute atomic E-state index is 13.0. The first kappa shape index (κ1) is 24.5. The van der Waals surface area contributed by atoms with Crippen LogP contribution in [0.2, 0.25) is 5.02 Å². The molecular weight excluding hydrogens is 432 g/mol. The summed E-state index contributed by atoms with van der Waals surface area (Å²) in [6.07, 6.45) is 1.84. The van der Waals surface area contributed by atoms with Crippen LogP contribution >= 0.6 is 11.6 Å². The zero-order chi connectivity index (χ0) is 23.5. The van der Waals surface area contributed by atoms with Crippen LogP contribution in [0.5, 0.6) is 11.5 Å². The molecule has 1 aromatic rings. The lowest BCUT2D eigenvalue weighted by atomic mass is 9.96. The van der Waals surface area contributed by atoms with Gasteiger partial charge >= 0.3 is 6.09 Å². The maximum atomic E-state index is 13.0. The summed E-state index contributed by atoms with van der Waals surface area (Å²) in [5.74, 6) is 1.40. The predicted octanol–water partition coefficient (Wildman–Crippen LogP) is 4.54. The Morgan fingerprint density at radius 2 is 1.97 bits per heavy atom. The van der Waals surface area contributed by atoms with Gasteiger partial charge < -0.3 is 24.0 Å². The zero-order valence-electron chi connectivity index (χ0n) is 19.8. The van der Waals surface area contributed by atoms with Crippen LogP contribution in [0.4, 0.5) is 4.79 Å². The second-order valence-electron chi connectivity index (χ2n) is 9.85. The van der Waals surface area contributed by atoms with Crippen molar-refractivity contribution in [2.45, 2.75) is 65.5 Å². The van der Waals surface area contributed by atoms with Crippen LogP contribution < -0.4 is 9.47 Å². The molecule has 0 N–H and O–H groups in total. The molecule has 2 aliphatic rings. The summed E-state index contributed by atoms with van der Waals surface area (Å²) < 4.78 is 16.8. The Kier molecular flexibility index (Phi) is 7.80.